The molecule has 0 saturated heterocycles. The number of hydrogen-bond acceptors (Lipinski definition) is 5. The highest BCUT2D eigenvalue weighted by atomic mass is 19.4. The molecule has 114 valence electrons. The Balaban J connectivity index is 2.71. The van der Waals surface area contributed by atoms with Crippen LogP contribution < -0.4 is 10.1 Å². The highest BCUT2D eigenvalue weighted by Gasteiger charge is 2.34. The maximum Gasteiger partial charge on any atom is 0.433 e. The van der Waals surface area contributed by atoms with Crippen LogP contribution in [-0.2, 0) is 10.9 Å². The molecule has 1 aromatic rings. The molecule has 0 saturated carbocycles. The zero-order valence-corrected chi connectivity index (χ0v) is 11.5. The van der Waals surface area contributed by atoms with Gasteiger partial charge in [0.05, 0.1) is 6.61 Å². The first kappa shape index (κ1) is 16.5. The Bertz CT molecular complexity index is 413. The van der Waals surface area contributed by atoms with E-state index in [1.807, 2.05) is 6.92 Å². The summed E-state index contributed by atoms with van der Waals surface area (Å²) >= 11 is 0. The second-order valence-electron chi connectivity index (χ2n) is 3.90. The normalized spacial score (nSPS) is 11.4. The number of nitrogens with one attached hydrogen (secondary N) is 1. The number of hydrogen-bond donors (Lipinski definition) is 1. The van der Waals surface area contributed by atoms with Crippen molar-refractivity contribution in [3.8, 4) is 5.88 Å². The number of rotatable bonds is 8. The van der Waals surface area contributed by atoms with E-state index in [1.165, 1.54) is 0 Å². The first-order valence-corrected chi connectivity index (χ1v) is 6.38. The van der Waals surface area contributed by atoms with Gasteiger partial charge in [0.2, 0.25) is 11.8 Å². The van der Waals surface area contributed by atoms with Crippen molar-refractivity contribution in [3.63, 3.8) is 0 Å². The van der Waals surface area contributed by atoms with Crippen LogP contribution in [0, 0.1) is 0 Å². The summed E-state index contributed by atoms with van der Waals surface area (Å²) in [5.74, 6) is -0.227. The molecule has 0 fully saturated rings. The average Bonchev–Trinajstić information content (AvgIpc) is 2.38. The van der Waals surface area contributed by atoms with Gasteiger partial charge in [0.15, 0.2) is 5.69 Å². The Morgan fingerprint density at radius 2 is 1.90 bits per heavy atom. The molecule has 0 aliphatic rings. The second kappa shape index (κ2) is 7.88. The Hall–Kier alpha value is -1.57. The fourth-order valence-electron chi connectivity index (χ4n) is 1.33. The highest BCUT2D eigenvalue weighted by Crippen LogP contribution is 2.30. The van der Waals surface area contributed by atoms with E-state index in [4.69, 9.17) is 9.47 Å². The van der Waals surface area contributed by atoms with E-state index >= 15 is 0 Å². The summed E-state index contributed by atoms with van der Waals surface area (Å²) in [5.41, 5.74) is -1.03. The molecule has 1 aromatic heterocycles. The van der Waals surface area contributed by atoms with E-state index in [-0.39, 0.29) is 18.4 Å². The zero-order chi connectivity index (χ0) is 15.0. The Morgan fingerprint density at radius 1 is 1.15 bits per heavy atom. The van der Waals surface area contributed by atoms with Crippen molar-refractivity contribution in [1.29, 1.82) is 0 Å². The molecule has 0 bridgehead atoms. The second-order valence-corrected chi connectivity index (χ2v) is 3.90. The van der Waals surface area contributed by atoms with Crippen LogP contribution in [0.25, 0.3) is 0 Å². The number of ether oxygens (including phenoxy) is 2. The predicted octanol–water partition coefficient (Wildman–Crippen LogP) is 2.73. The van der Waals surface area contributed by atoms with Gasteiger partial charge in [-0.05, 0) is 13.3 Å². The molecular weight excluding hydrogens is 275 g/mol. The first-order valence-electron chi connectivity index (χ1n) is 6.38. The quantitative estimate of drug-likeness (QED) is 0.747. The van der Waals surface area contributed by atoms with Crippen molar-refractivity contribution in [2.75, 3.05) is 31.7 Å². The maximum atomic E-state index is 12.7. The number of nitrogens with zero attached hydrogens (tertiary/aromatic N) is 2. The summed E-state index contributed by atoms with van der Waals surface area (Å²) in [7, 11) is 0. The largest absolute Gasteiger partial charge is 0.475 e. The van der Waals surface area contributed by atoms with Gasteiger partial charge < -0.3 is 14.8 Å². The standard InChI is InChI=1S/C12H18F3N3O2/c1-3-5-19-6-7-20-10-8-9(12(13,14)15)17-11(18-10)16-4-2/h8H,3-7H2,1-2H3,(H,16,17,18). The summed E-state index contributed by atoms with van der Waals surface area (Å²) < 4.78 is 48.4. The molecule has 20 heavy (non-hydrogen) atoms. The number of alkyl halides is 3. The van der Waals surface area contributed by atoms with Gasteiger partial charge in [-0.15, -0.1) is 0 Å². The molecule has 1 rings (SSSR count). The molecule has 0 unspecified atom stereocenters. The lowest BCUT2D eigenvalue weighted by molar-refractivity contribution is -0.141. The molecule has 0 aliphatic heterocycles. The third-order valence-electron chi connectivity index (χ3n) is 2.15. The lowest BCUT2D eigenvalue weighted by atomic mass is 10.4. The summed E-state index contributed by atoms with van der Waals surface area (Å²) in [6, 6.07) is 0.778. The Morgan fingerprint density at radius 3 is 2.50 bits per heavy atom. The minimum Gasteiger partial charge on any atom is -0.475 e. The molecule has 1 N–H and O–H groups in total. The first-order chi connectivity index (χ1) is 9.47. The molecule has 0 atom stereocenters. The van der Waals surface area contributed by atoms with Crippen molar-refractivity contribution >= 4 is 5.95 Å². The van der Waals surface area contributed by atoms with Crippen molar-refractivity contribution in [1.82, 2.24) is 9.97 Å². The molecule has 0 aliphatic carbocycles. The summed E-state index contributed by atoms with van der Waals surface area (Å²) in [5, 5.41) is 2.64. The van der Waals surface area contributed by atoms with E-state index < -0.39 is 11.9 Å². The number of anilines is 1. The molecule has 0 aromatic carbocycles. The van der Waals surface area contributed by atoms with Crippen LogP contribution in [-0.4, -0.2) is 36.3 Å². The van der Waals surface area contributed by atoms with Crippen molar-refractivity contribution in [3.05, 3.63) is 11.8 Å². The monoisotopic (exact) mass is 293 g/mol. The maximum absolute atomic E-state index is 12.7. The van der Waals surface area contributed by atoms with E-state index in [9.17, 15) is 13.2 Å². The third-order valence-corrected chi connectivity index (χ3v) is 2.15. The lowest BCUT2D eigenvalue weighted by Crippen LogP contribution is -2.14. The van der Waals surface area contributed by atoms with Crippen LogP contribution in [0.2, 0.25) is 0 Å². The SMILES string of the molecule is CCCOCCOc1cc(C(F)(F)F)nc(NCC)n1. The molecule has 0 amide bonds. The van der Waals surface area contributed by atoms with Gasteiger partial charge in [0.1, 0.15) is 6.61 Å². The summed E-state index contributed by atoms with van der Waals surface area (Å²) in [6.07, 6.45) is -3.67. The molecule has 8 heteroatoms. The van der Waals surface area contributed by atoms with Gasteiger partial charge in [-0.3, -0.25) is 0 Å². The fraction of sp³-hybridized carbons (Fsp3) is 0.667. The van der Waals surface area contributed by atoms with E-state index in [0.717, 1.165) is 12.5 Å². The van der Waals surface area contributed by atoms with Gasteiger partial charge >= 0.3 is 6.18 Å². The van der Waals surface area contributed by atoms with Crippen LogP contribution >= 0.6 is 0 Å². The van der Waals surface area contributed by atoms with Crippen LogP contribution in [0.5, 0.6) is 5.88 Å². The molecular formula is C12H18F3N3O2. The molecule has 0 radical (unpaired) electrons. The fourth-order valence-corrected chi connectivity index (χ4v) is 1.33. The summed E-state index contributed by atoms with van der Waals surface area (Å²) in [6.45, 7) is 5.14. The van der Waals surface area contributed by atoms with Crippen LogP contribution in [0.15, 0.2) is 6.07 Å². The molecule has 5 nitrogen and oxygen atoms in total. The third kappa shape index (κ3) is 5.60. The number of aromatic nitrogens is 2. The van der Waals surface area contributed by atoms with Gasteiger partial charge in [0, 0.05) is 19.2 Å². The highest BCUT2D eigenvalue weighted by molar-refractivity contribution is 5.31. The van der Waals surface area contributed by atoms with Crippen molar-refractivity contribution in [2.45, 2.75) is 26.4 Å². The predicted molar refractivity (Wildman–Crippen MR) is 67.8 cm³/mol. The van der Waals surface area contributed by atoms with Crippen LogP contribution in [0.3, 0.4) is 0 Å². The minimum absolute atomic E-state index is 0.105. The molecule has 0 spiro atoms. The zero-order valence-electron chi connectivity index (χ0n) is 11.5. The van der Waals surface area contributed by atoms with E-state index in [2.05, 4.69) is 15.3 Å². The van der Waals surface area contributed by atoms with E-state index in [1.54, 1.807) is 6.92 Å². The molecule has 1 heterocycles. The minimum atomic E-state index is -4.54. The van der Waals surface area contributed by atoms with Crippen LogP contribution in [0.4, 0.5) is 19.1 Å². The average molecular weight is 293 g/mol. The number of halogens is 3. The smallest absolute Gasteiger partial charge is 0.433 e. The van der Waals surface area contributed by atoms with Crippen molar-refractivity contribution in [2.24, 2.45) is 0 Å². The Kier molecular flexibility index (Phi) is 6.50. The lowest BCUT2D eigenvalue weighted by Gasteiger charge is -2.11. The van der Waals surface area contributed by atoms with Gasteiger partial charge in [-0.2, -0.15) is 18.2 Å². The van der Waals surface area contributed by atoms with Gasteiger partial charge in [-0.25, -0.2) is 4.98 Å². The Labute approximate surface area is 115 Å². The van der Waals surface area contributed by atoms with E-state index in [0.29, 0.717) is 19.8 Å². The van der Waals surface area contributed by atoms with Gasteiger partial charge in [0.25, 0.3) is 0 Å². The van der Waals surface area contributed by atoms with Gasteiger partial charge in [-0.1, -0.05) is 6.92 Å². The topological polar surface area (TPSA) is 56.3 Å². The summed E-state index contributed by atoms with van der Waals surface area (Å²) in [4.78, 5) is 7.25. The van der Waals surface area contributed by atoms with Crippen LogP contribution in [0.1, 0.15) is 26.0 Å². The van der Waals surface area contributed by atoms with Crippen molar-refractivity contribution < 1.29 is 22.6 Å².